The topological polar surface area (TPSA) is 29.1 Å². The Balaban J connectivity index is 1.49. The Labute approximate surface area is 150 Å². The molecular formula is C23H27NO. The maximum Gasteiger partial charge on any atom is 0.251 e. The molecule has 0 unspecified atom stereocenters. The first-order valence-electron chi connectivity index (χ1n) is 9.38. The van der Waals surface area contributed by atoms with Crippen molar-refractivity contribution in [2.75, 3.05) is 0 Å². The van der Waals surface area contributed by atoms with E-state index in [1.807, 2.05) is 42.5 Å². The van der Waals surface area contributed by atoms with Crippen molar-refractivity contribution < 1.29 is 4.79 Å². The lowest BCUT2D eigenvalue weighted by atomic mass is 9.69. The van der Waals surface area contributed by atoms with Gasteiger partial charge in [0, 0.05) is 11.6 Å². The van der Waals surface area contributed by atoms with Crippen LogP contribution in [0.15, 0.2) is 54.6 Å². The van der Waals surface area contributed by atoms with Crippen LogP contribution in [0.2, 0.25) is 0 Å². The molecule has 1 amide bonds. The zero-order valence-electron chi connectivity index (χ0n) is 15.4. The number of carbonyl (C=O) groups excluding carboxylic acids is 1. The Kier molecular flexibility index (Phi) is 3.75. The van der Waals surface area contributed by atoms with E-state index < -0.39 is 0 Å². The van der Waals surface area contributed by atoms with Crippen LogP contribution in [0.5, 0.6) is 0 Å². The van der Waals surface area contributed by atoms with Crippen LogP contribution in [0.25, 0.3) is 11.1 Å². The molecule has 3 atom stereocenters. The lowest BCUT2D eigenvalue weighted by molar-refractivity contribution is 0.0826. The number of nitrogens with one attached hydrogen (secondary N) is 1. The van der Waals surface area contributed by atoms with E-state index >= 15 is 0 Å². The van der Waals surface area contributed by atoms with Crippen molar-refractivity contribution in [2.24, 2.45) is 16.7 Å². The molecule has 25 heavy (non-hydrogen) atoms. The van der Waals surface area contributed by atoms with Crippen LogP contribution >= 0.6 is 0 Å². The third-order valence-electron chi connectivity index (χ3n) is 7.35. The van der Waals surface area contributed by atoms with Gasteiger partial charge in [0.15, 0.2) is 0 Å². The summed E-state index contributed by atoms with van der Waals surface area (Å²) in [7, 11) is 0. The van der Waals surface area contributed by atoms with Crippen molar-refractivity contribution in [1.29, 1.82) is 0 Å². The van der Waals surface area contributed by atoms with Gasteiger partial charge in [0.1, 0.15) is 0 Å². The summed E-state index contributed by atoms with van der Waals surface area (Å²) in [6, 6.07) is 18.5. The summed E-state index contributed by atoms with van der Waals surface area (Å²) in [5.41, 5.74) is 3.62. The van der Waals surface area contributed by atoms with Crippen LogP contribution in [-0.4, -0.2) is 11.9 Å². The first kappa shape index (κ1) is 16.4. The Morgan fingerprint density at radius 3 is 2.16 bits per heavy atom. The average Bonchev–Trinajstić information content (AvgIpc) is 2.96. The van der Waals surface area contributed by atoms with Crippen LogP contribution in [0.3, 0.4) is 0 Å². The minimum atomic E-state index is 0.0641. The minimum absolute atomic E-state index is 0.0641. The van der Waals surface area contributed by atoms with Gasteiger partial charge in [0.25, 0.3) is 5.91 Å². The zero-order valence-corrected chi connectivity index (χ0v) is 15.4. The molecule has 2 saturated carbocycles. The first-order valence-corrected chi connectivity index (χ1v) is 9.38. The Bertz CT molecular complexity index is 777. The highest BCUT2D eigenvalue weighted by Gasteiger charge is 2.61. The van der Waals surface area contributed by atoms with Gasteiger partial charge in [0.05, 0.1) is 0 Å². The fourth-order valence-corrected chi connectivity index (χ4v) is 5.11. The Hall–Kier alpha value is -2.09. The average molecular weight is 333 g/mol. The van der Waals surface area contributed by atoms with Crippen molar-refractivity contribution in [3.8, 4) is 11.1 Å². The smallest absolute Gasteiger partial charge is 0.251 e. The maximum absolute atomic E-state index is 12.8. The zero-order chi connectivity index (χ0) is 17.7. The Morgan fingerprint density at radius 1 is 0.960 bits per heavy atom. The van der Waals surface area contributed by atoms with E-state index in [0.29, 0.717) is 11.5 Å². The number of amides is 1. The molecule has 0 saturated heterocycles. The second-order valence-corrected chi connectivity index (χ2v) is 8.58. The molecule has 1 N–H and O–H groups in total. The number of carbonyl (C=O) groups is 1. The minimum Gasteiger partial charge on any atom is -0.349 e. The van der Waals surface area contributed by atoms with Gasteiger partial charge in [-0.2, -0.15) is 0 Å². The molecule has 0 aromatic heterocycles. The van der Waals surface area contributed by atoms with Crippen LogP contribution in [0.1, 0.15) is 50.4 Å². The molecule has 2 bridgehead atoms. The van der Waals surface area contributed by atoms with Gasteiger partial charge in [-0.05, 0) is 59.3 Å². The molecule has 2 aromatic carbocycles. The first-order chi connectivity index (χ1) is 11.9. The number of rotatable bonds is 3. The summed E-state index contributed by atoms with van der Waals surface area (Å²) < 4.78 is 0. The third-order valence-corrected chi connectivity index (χ3v) is 7.35. The molecule has 4 rings (SSSR count). The second kappa shape index (κ2) is 5.72. The molecule has 2 aliphatic carbocycles. The summed E-state index contributed by atoms with van der Waals surface area (Å²) in [6.45, 7) is 7.13. The van der Waals surface area contributed by atoms with Crippen molar-refractivity contribution >= 4 is 5.91 Å². The van der Waals surface area contributed by atoms with Gasteiger partial charge in [-0.15, -0.1) is 0 Å². The van der Waals surface area contributed by atoms with Gasteiger partial charge >= 0.3 is 0 Å². The molecular weight excluding hydrogens is 306 g/mol. The van der Waals surface area contributed by atoms with Crippen LogP contribution in [-0.2, 0) is 0 Å². The molecule has 0 heterocycles. The van der Waals surface area contributed by atoms with Gasteiger partial charge < -0.3 is 5.32 Å². The van der Waals surface area contributed by atoms with Crippen molar-refractivity contribution in [3.63, 3.8) is 0 Å². The molecule has 2 heteroatoms. The number of fused-ring (bicyclic) bond motifs is 2. The van der Waals surface area contributed by atoms with Crippen LogP contribution in [0.4, 0.5) is 0 Å². The van der Waals surface area contributed by atoms with Crippen molar-refractivity contribution in [3.05, 3.63) is 60.2 Å². The highest BCUT2D eigenvalue weighted by Crippen LogP contribution is 2.65. The van der Waals surface area contributed by atoms with E-state index in [2.05, 4.69) is 38.2 Å². The van der Waals surface area contributed by atoms with Crippen molar-refractivity contribution in [1.82, 2.24) is 5.32 Å². The fourth-order valence-electron chi connectivity index (χ4n) is 5.11. The molecule has 0 aliphatic heterocycles. The second-order valence-electron chi connectivity index (χ2n) is 8.58. The third kappa shape index (κ3) is 2.50. The lowest BCUT2D eigenvalue weighted by Gasteiger charge is -2.39. The standard InChI is InChI=1S/C23H27NO/c1-22(2)19-13-14-23(22,3)20(15-19)24-21(25)18-11-9-17(10-12-18)16-7-5-4-6-8-16/h4-12,19-20H,13-15H2,1-3H3,(H,24,25)/t19-,20+,23+/m1/s1. The summed E-state index contributed by atoms with van der Waals surface area (Å²) >= 11 is 0. The normalized spacial score (nSPS) is 29.6. The van der Waals surface area contributed by atoms with E-state index in [4.69, 9.17) is 0 Å². The highest BCUT2D eigenvalue weighted by molar-refractivity contribution is 5.95. The molecule has 2 nitrogen and oxygen atoms in total. The number of hydrogen-bond donors (Lipinski definition) is 1. The van der Waals surface area contributed by atoms with Gasteiger partial charge in [-0.25, -0.2) is 0 Å². The van der Waals surface area contributed by atoms with E-state index in [1.165, 1.54) is 18.4 Å². The molecule has 2 aliphatic rings. The molecule has 130 valence electrons. The summed E-state index contributed by atoms with van der Waals surface area (Å²) in [5, 5.41) is 3.34. The summed E-state index contributed by atoms with van der Waals surface area (Å²) in [4.78, 5) is 12.8. The molecule has 0 spiro atoms. The summed E-state index contributed by atoms with van der Waals surface area (Å²) in [5.74, 6) is 0.803. The van der Waals surface area contributed by atoms with Gasteiger partial charge in [-0.1, -0.05) is 63.2 Å². The fraction of sp³-hybridized carbons (Fsp3) is 0.435. The summed E-state index contributed by atoms with van der Waals surface area (Å²) in [6.07, 6.45) is 3.65. The largest absolute Gasteiger partial charge is 0.349 e. The van der Waals surface area contributed by atoms with Gasteiger partial charge in [0.2, 0.25) is 0 Å². The number of hydrogen-bond acceptors (Lipinski definition) is 1. The predicted octanol–water partition coefficient (Wildman–Crippen LogP) is 5.30. The number of benzene rings is 2. The highest BCUT2D eigenvalue weighted by atomic mass is 16.1. The molecule has 2 fully saturated rings. The van der Waals surface area contributed by atoms with Gasteiger partial charge in [-0.3, -0.25) is 4.79 Å². The lowest BCUT2D eigenvalue weighted by Crippen LogP contribution is -2.46. The van der Waals surface area contributed by atoms with Crippen molar-refractivity contribution in [2.45, 2.75) is 46.1 Å². The molecule has 0 radical (unpaired) electrons. The van der Waals surface area contributed by atoms with Crippen LogP contribution in [0, 0.1) is 16.7 Å². The van der Waals surface area contributed by atoms with E-state index in [9.17, 15) is 4.79 Å². The monoisotopic (exact) mass is 333 g/mol. The quantitative estimate of drug-likeness (QED) is 0.811. The Morgan fingerprint density at radius 2 is 1.60 bits per heavy atom. The maximum atomic E-state index is 12.8. The van der Waals surface area contributed by atoms with Crippen LogP contribution < -0.4 is 5.32 Å². The van der Waals surface area contributed by atoms with E-state index in [0.717, 1.165) is 23.5 Å². The predicted molar refractivity (Wildman–Crippen MR) is 102 cm³/mol. The van der Waals surface area contributed by atoms with E-state index in [-0.39, 0.29) is 11.3 Å². The SMILES string of the molecule is CC1(C)[C@@H]2CC[C@@]1(C)[C@@H](NC(=O)c1ccc(-c3ccccc3)cc1)C2. The molecule has 2 aromatic rings. The van der Waals surface area contributed by atoms with E-state index in [1.54, 1.807) is 0 Å².